The van der Waals surface area contributed by atoms with Crippen LogP contribution in [0.4, 0.5) is 4.39 Å². The van der Waals surface area contributed by atoms with E-state index in [2.05, 4.69) is 5.32 Å². The molecule has 0 amide bonds. The summed E-state index contributed by atoms with van der Waals surface area (Å²) >= 11 is 0. The second-order valence-corrected chi connectivity index (χ2v) is 6.22. The monoisotopic (exact) mass is 274 g/mol. The summed E-state index contributed by atoms with van der Waals surface area (Å²) in [7, 11) is 0. The number of rotatable bonds is 2. The number of halogens is 1. The maximum Gasteiger partial charge on any atom is 0.127 e. The average Bonchev–Trinajstić information content (AvgIpc) is 2.40. The third kappa shape index (κ3) is 2.70. The van der Waals surface area contributed by atoms with E-state index in [1.54, 1.807) is 12.1 Å². The maximum atomic E-state index is 14.0. The van der Waals surface area contributed by atoms with E-state index in [1.165, 1.54) is 12.5 Å². The van der Waals surface area contributed by atoms with Crippen molar-refractivity contribution in [3.05, 3.63) is 35.1 Å². The molecule has 2 heterocycles. The van der Waals surface area contributed by atoms with Crippen molar-refractivity contribution >= 4 is 0 Å². The van der Waals surface area contributed by atoms with E-state index >= 15 is 0 Å². The van der Waals surface area contributed by atoms with Gasteiger partial charge in [0.05, 0.1) is 17.2 Å². The van der Waals surface area contributed by atoms with Gasteiger partial charge in [0.2, 0.25) is 0 Å². The van der Waals surface area contributed by atoms with E-state index in [0.29, 0.717) is 42.5 Å². The molecule has 2 fully saturated rings. The molecular formula is C16H19FN2O. The van der Waals surface area contributed by atoms with E-state index in [9.17, 15) is 9.50 Å². The molecule has 1 aromatic carbocycles. The Bertz CT molecular complexity index is 540. The predicted molar refractivity (Wildman–Crippen MR) is 73.6 cm³/mol. The molecule has 106 valence electrons. The van der Waals surface area contributed by atoms with E-state index in [-0.39, 0.29) is 5.82 Å². The first-order valence-corrected chi connectivity index (χ1v) is 7.25. The summed E-state index contributed by atoms with van der Waals surface area (Å²) in [4.78, 5) is 0. The normalized spacial score (nSPS) is 32.6. The molecule has 2 atom stereocenters. The second kappa shape index (κ2) is 5.16. The summed E-state index contributed by atoms with van der Waals surface area (Å²) in [5.74, 6) is -0.388. The first kappa shape index (κ1) is 13.5. The Morgan fingerprint density at radius 3 is 2.65 bits per heavy atom. The number of hydrogen-bond acceptors (Lipinski definition) is 3. The van der Waals surface area contributed by atoms with Crippen LogP contribution in [0.1, 0.15) is 43.2 Å². The fourth-order valence-electron chi connectivity index (χ4n) is 3.69. The lowest BCUT2D eigenvalue weighted by Crippen LogP contribution is -2.56. The molecule has 1 aromatic rings. The molecule has 0 aromatic heterocycles. The average molecular weight is 274 g/mol. The summed E-state index contributed by atoms with van der Waals surface area (Å²) in [6, 6.07) is 7.13. The van der Waals surface area contributed by atoms with E-state index in [0.717, 1.165) is 12.8 Å². The largest absolute Gasteiger partial charge is 0.389 e. The third-order valence-electron chi connectivity index (χ3n) is 4.53. The van der Waals surface area contributed by atoms with Gasteiger partial charge in [-0.2, -0.15) is 5.26 Å². The first-order chi connectivity index (χ1) is 9.58. The SMILES string of the molecule is N#Cc1ccc(CC2(O)CC3CCCC(C2)N3)c(F)c1. The summed E-state index contributed by atoms with van der Waals surface area (Å²) in [5, 5.41) is 23.1. The number of piperidine rings is 2. The Labute approximate surface area is 118 Å². The molecule has 2 unspecified atom stereocenters. The lowest BCUT2D eigenvalue weighted by molar-refractivity contribution is -0.0308. The van der Waals surface area contributed by atoms with Gasteiger partial charge in [-0.1, -0.05) is 12.5 Å². The summed E-state index contributed by atoms with van der Waals surface area (Å²) in [5.41, 5.74) is 0.00242. The van der Waals surface area contributed by atoms with E-state index in [1.807, 2.05) is 6.07 Å². The number of nitrogens with one attached hydrogen (secondary N) is 1. The van der Waals surface area contributed by atoms with E-state index < -0.39 is 5.60 Å². The molecule has 0 radical (unpaired) electrons. The Morgan fingerprint density at radius 2 is 2.05 bits per heavy atom. The van der Waals surface area contributed by atoms with Gasteiger partial charge in [-0.15, -0.1) is 0 Å². The van der Waals surface area contributed by atoms with Crippen LogP contribution in [0.15, 0.2) is 18.2 Å². The van der Waals surface area contributed by atoms with Crippen molar-refractivity contribution in [3.63, 3.8) is 0 Å². The van der Waals surface area contributed by atoms with Crippen molar-refractivity contribution in [1.82, 2.24) is 5.32 Å². The van der Waals surface area contributed by atoms with Crippen LogP contribution in [0.5, 0.6) is 0 Å². The molecule has 0 spiro atoms. The fraction of sp³-hybridized carbons (Fsp3) is 0.562. The zero-order valence-corrected chi connectivity index (χ0v) is 11.4. The van der Waals surface area contributed by atoms with Gasteiger partial charge in [-0.25, -0.2) is 4.39 Å². The minimum Gasteiger partial charge on any atom is -0.389 e. The molecule has 2 aliphatic heterocycles. The molecule has 0 saturated carbocycles. The highest BCUT2D eigenvalue weighted by Gasteiger charge is 2.40. The lowest BCUT2D eigenvalue weighted by atomic mass is 9.74. The van der Waals surface area contributed by atoms with Gasteiger partial charge < -0.3 is 10.4 Å². The maximum absolute atomic E-state index is 14.0. The molecule has 2 saturated heterocycles. The molecule has 2 aliphatic rings. The number of benzene rings is 1. The predicted octanol–water partition coefficient (Wildman–Crippen LogP) is 2.28. The quantitative estimate of drug-likeness (QED) is 0.870. The van der Waals surface area contributed by atoms with Gasteiger partial charge in [-0.3, -0.25) is 0 Å². The van der Waals surface area contributed by atoms with Crippen LogP contribution in [0.3, 0.4) is 0 Å². The van der Waals surface area contributed by atoms with Crippen molar-refractivity contribution in [2.45, 2.75) is 56.2 Å². The smallest absolute Gasteiger partial charge is 0.127 e. The van der Waals surface area contributed by atoms with Crippen molar-refractivity contribution in [3.8, 4) is 6.07 Å². The molecule has 2 N–H and O–H groups in total. The van der Waals surface area contributed by atoms with E-state index in [4.69, 9.17) is 5.26 Å². The van der Waals surface area contributed by atoms with Gasteiger partial charge in [0.1, 0.15) is 5.82 Å². The number of aliphatic hydroxyl groups is 1. The van der Waals surface area contributed by atoms with Gasteiger partial charge in [0.15, 0.2) is 0 Å². The summed E-state index contributed by atoms with van der Waals surface area (Å²) in [6.07, 6.45) is 5.10. The number of fused-ring (bicyclic) bond motifs is 2. The molecule has 3 nitrogen and oxygen atoms in total. The Hall–Kier alpha value is -1.44. The highest BCUT2D eigenvalue weighted by Crippen LogP contribution is 2.35. The Kier molecular flexibility index (Phi) is 3.49. The van der Waals surface area contributed by atoms with Crippen molar-refractivity contribution in [2.24, 2.45) is 0 Å². The second-order valence-electron chi connectivity index (χ2n) is 6.22. The first-order valence-electron chi connectivity index (χ1n) is 7.25. The van der Waals surface area contributed by atoms with Crippen molar-refractivity contribution in [1.29, 1.82) is 5.26 Å². The molecule has 2 bridgehead atoms. The van der Waals surface area contributed by atoms with Crippen molar-refractivity contribution < 1.29 is 9.50 Å². The van der Waals surface area contributed by atoms with Gasteiger partial charge >= 0.3 is 0 Å². The van der Waals surface area contributed by atoms with Crippen molar-refractivity contribution in [2.75, 3.05) is 0 Å². The Morgan fingerprint density at radius 1 is 1.35 bits per heavy atom. The highest BCUT2D eigenvalue weighted by atomic mass is 19.1. The van der Waals surface area contributed by atoms with Crippen LogP contribution in [-0.2, 0) is 6.42 Å². The minimum atomic E-state index is -0.823. The number of nitrogens with zero attached hydrogens (tertiary/aromatic N) is 1. The Balaban J connectivity index is 1.78. The zero-order valence-electron chi connectivity index (χ0n) is 11.4. The van der Waals surface area contributed by atoms with Crippen LogP contribution in [0.2, 0.25) is 0 Å². The van der Waals surface area contributed by atoms with Crippen LogP contribution in [-0.4, -0.2) is 22.8 Å². The van der Waals surface area contributed by atoms with Crippen LogP contribution >= 0.6 is 0 Å². The summed E-state index contributed by atoms with van der Waals surface area (Å²) < 4.78 is 14.0. The van der Waals surface area contributed by atoms with Crippen LogP contribution in [0.25, 0.3) is 0 Å². The third-order valence-corrected chi connectivity index (χ3v) is 4.53. The van der Waals surface area contributed by atoms with Gasteiger partial charge in [0.25, 0.3) is 0 Å². The van der Waals surface area contributed by atoms with Gasteiger partial charge in [-0.05, 0) is 43.4 Å². The van der Waals surface area contributed by atoms with Crippen LogP contribution in [0, 0.1) is 17.1 Å². The number of nitriles is 1. The highest BCUT2D eigenvalue weighted by molar-refractivity contribution is 5.33. The molecule has 4 heteroatoms. The topological polar surface area (TPSA) is 56.0 Å². The molecular weight excluding hydrogens is 255 g/mol. The molecule has 3 rings (SSSR count). The zero-order chi connectivity index (χ0) is 14.2. The number of hydrogen-bond donors (Lipinski definition) is 2. The lowest BCUT2D eigenvalue weighted by Gasteiger charge is -2.45. The van der Waals surface area contributed by atoms with Gasteiger partial charge in [0, 0.05) is 18.5 Å². The standard InChI is InChI=1S/C16H19FN2O/c17-15-6-11(10-18)4-5-12(15)7-16(20)8-13-2-1-3-14(9-16)19-13/h4-6,13-14,19-20H,1-3,7-9H2. The summed E-state index contributed by atoms with van der Waals surface area (Å²) in [6.45, 7) is 0. The minimum absolute atomic E-state index is 0.320. The fourth-order valence-corrected chi connectivity index (χ4v) is 3.69. The van der Waals surface area contributed by atoms with Crippen LogP contribution < -0.4 is 5.32 Å². The molecule has 0 aliphatic carbocycles. The molecule has 20 heavy (non-hydrogen) atoms.